The number of anilines is 1. The highest BCUT2D eigenvalue weighted by molar-refractivity contribution is 9.10. The van der Waals surface area contributed by atoms with Crippen LogP contribution < -0.4 is 5.32 Å². The Labute approximate surface area is 105 Å². The zero-order valence-corrected chi connectivity index (χ0v) is 11.4. The summed E-state index contributed by atoms with van der Waals surface area (Å²) in [6, 6.07) is 4.59. The van der Waals surface area contributed by atoms with Gasteiger partial charge in [-0.15, -0.1) is 0 Å². The van der Waals surface area contributed by atoms with E-state index in [2.05, 4.69) is 45.1 Å². The van der Waals surface area contributed by atoms with Crippen LogP contribution in [-0.2, 0) is 0 Å². The second kappa shape index (κ2) is 5.15. The molecule has 2 heterocycles. The summed E-state index contributed by atoms with van der Waals surface area (Å²) in [4.78, 5) is 6.74. The summed E-state index contributed by atoms with van der Waals surface area (Å²) in [7, 11) is 2.19. The average Bonchev–Trinajstić information content (AvgIpc) is 2.25. The largest absolute Gasteiger partial charge is 0.367 e. The minimum atomic E-state index is 0.546. The van der Waals surface area contributed by atoms with E-state index in [-0.39, 0.29) is 0 Å². The minimum absolute atomic E-state index is 0.546. The van der Waals surface area contributed by atoms with E-state index in [1.807, 2.05) is 18.3 Å². The van der Waals surface area contributed by atoms with E-state index in [9.17, 15) is 0 Å². The number of hydrogen-bond acceptors (Lipinski definition) is 3. The monoisotopic (exact) mass is 283 g/mol. The number of likely N-dealkylation sites (tertiary alicyclic amines) is 1. The summed E-state index contributed by atoms with van der Waals surface area (Å²) in [5.74, 6) is 1.65. The fourth-order valence-electron chi connectivity index (χ4n) is 2.22. The predicted octanol–water partition coefficient (Wildman–Crippen LogP) is 2.60. The summed E-state index contributed by atoms with van der Waals surface area (Å²) in [6.45, 7) is 4.62. The van der Waals surface area contributed by atoms with E-state index in [4.69, 9.17) is 0 Å². The molecule has 1 aliphatic rings. The second-order valence-electron chi connectivity index (χ2n) is 4.64. The van der Waals surface area contributed by atoms with Crippen LogP contribution in [0.1, 0.15) is 13.3 Å². The molecular weight excluding hydrogens is 266 g/mol. The Balaban J connectivity index is 1.96. The fraction of sp³-hybridized carbons (Fsp3) is 0.583. The molecule has 1 N–H and O–H groups in total. The Morgan fingerprint density at radius 1 is 1.50 bits per heavy atom. The third-order valence-corrected chi connectivity index (χ3v) is 3.64. The molecule has 1 saturated heterocycles. The summed E-state index contributed by atoms with van der Waals surface area (Å²) in [5.41, 5.74) is 0. The van der Waals surface area contributed by atoms with Crippen molar-refractivity contribution >= 4 is 21.7 Å². The molecule has 1 aliphatic heterocycles. The number of nitrogens with zero attached hydrogens (tertiary/aromatic N) is 2. The van der Waals surface area contributed by atoms with Gasteiger partial charge in [-0.1, -0.05) is 6.92 Å². The average molecular weight is 284 g/mol. The van der Waals surface area contributed by atoms with Crippen LogP contribution in [0.4, 0.5) is 5.82 Å². The zero-order valence-electron chi connectivity index (χ0n) is 9.78. The van der Waals surface area contributed by atoms with E-state index in [1.54, 1.807) is 0 Å². The van der Waals surface area contributed by atoms with Gasteiger partial charge in [0.15, 0.2) is 0 Å². The van der Waals surface area contributed by atoms with Gasteiger partial charge >= 0.3 is 0 Å². The van der Waals surface area contributed by atoms with Gasteiger partial charge in [0.05, 0.1) is 0 Å². The highest BCUT2D eigenvalue weighted by atomic mass is 79.9. The van der Waals surface area contributed by atoms with Gasteiger partial charge in [0, 0.05) is 23.3 Å². The Bertz CT molecular complexity index is 339. The van der Waals surface area contributed by atoms with E-state index in [1.165, 1.54) is 13.0 Å². The molecule has 0 radical (unpaired) electrons. The molecule has 0 saturated carbocycles. The lowest BCUT2D eigenvalue weighted by molar-refractivity contribution is 0.206. The van der Waals surface area contributed by atoms with Crippen molar-refractivity contribution in [3.63, 3.8) is 0 Å². The molecule has 2 atom stereocenters. The Hall–Kier alpha value is -0.610. The fourth-order valence-corrected chi connectivity index (χ4v) is 2.45. The summed E-state index contributed by atoms with van der Waals surface area (Å²) >= 11 is 3.39. The third-order valence-electron chi connectivity index (χ3n) is 3.17. The van der Waals surface area contributed by atoms with Gasteiger partial charge in [-0.2, -0.15) is 0 Å². The molecule has 0 aromatic carbocycles. The standard InChI is InChI=1S/C12H18BrN3/c1-9-8-16(2)6-5-11(9)15-12-4-3-10(13)7-14-12/h3-4,7,9,11H,5-6,8H2,1-2H3,(H,14,15). The molecule has 0 aliphatic carbocycles. The Morgan fingerprint density at radius 2 is 2.31 bits per heavy atom. The Morgan fingerprint density at radius 3 is 2.94 bits per heavy atom. The van der Waals surface area contributed by atoms with Crippen molar-refractivity contribution in [2.24, 2.45) is 5.92 Å². The quantitative estimate of drug-likeness (QED) is 0.904. The van der Waals surface area contributed by atoms with Crippen molar-refractivity contribution in [2.75, 3.05) is 25.5 Å². The first-order valence-electron chi connectivity index (χ1n) is 5.72. The van der Waals surface area contributed by atoms with Crippen LogP contribution in [-0.4, -0.2) is 36.1 Å². The van der Waals surface area contributed by atoms with Crippen molar-refractivity contribution in [2.45, 2.75) is 19.4 Å². The topological polar surface area (TPSA) is 28.2 Å². The van der Waals surface area contributed by atoms with Gasteiger partial charge in [-0.3, -0.25) is 0 Å². The number of rotatable bonds is 2. The maximum absolute atomic E-state index is 4.35. The van der Waals surface area contributed by atoms with E-state index in [0.717, 1.165) is 16.8 Å². The van der Waals surface area contributed by atoms with Gasteiger partial charge in [0.2, 0.25) is 0 Å². The summed E-state index contributed by atoms with van der Waals surface area (Å²) < 4.78 is 1.02. The van der Waals surface area contributed by atoms with E-state index < -0.39 is 0 Å². The molecule has 1 aromatic rings. The van der Waals surface area contributed by atoms with Crippen LogP contribution in [0, 0.1) is 5.92 Å². The molecule has 1 aromatic heterocycles. The van der Waals surface area contributed by atoms with E-state index in [0.29, 0.717) is 12.0 Å². The molecule has 3 nitrogen and oxygen atoms in total. The molecule has 4 heteroatoms. The lowest BCUT2D eigenvalue weighted by Crippen LogP contribution is -2.43. The van der Waals surface area contributed by atoms with E-state index >= 15 is 0 Å². The van der Waals surface area contributed by atoms with Crippen molar-refractivity contribution in [3.8, 4) is 0 Å². The van der Waals surface area contributed by atoms with Gasteiger partial charge < -0.3 is 10.2 Å². The molecule has 88 valence electrons. The number of aromatic nitrogens is 1. The van der Waals surface area contributed by atoms with Crippen LogP contribution >= 0.6 is 15.9 Å². The number of pyridine rings is 1. The lowest BCUT2D eigenvalue weighted by atomic mass is 9.94. The van der Waals surface area contributed by atoms with Gasteiger partial charge in [0.25, 0.3) is 0 Å². The molecule has 1 fully saturated rings. The molecule has 0 amide bonds. The molecule has 16 heavy (non-hydrogen) atoms. The van der Waals surface area contributed by atoms with Gasteiger partial charge in [-0.05, 0) is 54.0 Å². The molecule has 2 unspecified atom stereocenters. The minimum Gasteiger partial charge on any atom is -0.367 e. The first-order chi connectivity index (χ1) is 7.65. The lowest BCUT2D eigenvalue weighted by Gasteiger charge is -2.35. The first-order valence-corrected chi connectivity index (χ1v) is 6.51. The molecule has 0 bridgehead atoms. The third kappa shape index (κ3) is 2.95. The van der Waals surface area contributed by atoms with Crippen LogP contribution in [0.2, 0.25) is 0 Å². The smallest absolute Gasteiger partial charge is 0.126 e. The number of hydrogen-bond donors (Lipinski definition) is 1. The number of halogens is 1. The highest BCUT2D eigenvalue weighted by Gasteiger charge is 2.23. The molecule has 0 spiro atoms. The SMILES string of the molecule is CC1CN(C)CCC1Nc1ccc(Br)cn1. The molecular formula is C12H18BrN3. The van der Waals surface area contributed by atoms with Crippen molar-refractivity contribution in [3.05, 3.63) is 22.8 Å². The van der Waals surface area contributed by atoms with Crippen LogP contribution in [0.3, 0.4) is 0 Å². The van der Waals surface area contributed by atoms with Gasteiger partial charge in [0.1, 0.15) is 5.82 Å². The highest BCUT2D eigenvalue weighted by Crippen LogP contribution is 2.20. The van der Waals surface area contributed by atoms with Crippen molar-refractivity contribution < 1.29 is 0 Å². The zero-order chi connectivity index (χ0) is 11.5. The van der Waals surface area contributed by atoms with Crippen molar-refractivity contribution in [1.82, 2.24) is 9.88 Å². The first kappa shape index (κ1) is 11.9. The summed E-state index contributed by atoms with van der Waals surface area (Å²) in [5, 5.41) is 3.52. The summed E-state index contributed by atoms with van der Waals surface area (Å²) in [6.07, 6.45) is 3.03. The maximum Gasteiger partial charge on any atom is 0.126 e. The maximum atomic E-state index is 4.35. The molecule has 2 rings (SSSR count). The Kier molecular flexibility index (Phi) is 3.82. The second-order valence-corrected chi connectivity index (χ2v) is 5.56. The normalized spacial score (nSPS) is 26.7. The van der Waals surface area contributed by atoms with Crippen LogP contribution in [0.5, 0.6) is 0 Å². The van der Waals surface area contributed by atoms with Crippen molar-refractivity contribution in [1.29, 1.82) is 0 Å². The van der Waals surface area contributed by atoms with Crippen LogP contribution in [0.15, 0.2) is 22.8 Å². The van der Waals surface area contributed by atoms with Crippen LogP contribution in [0.25, 0.3) is 0 Å². The predicted molar refractivity (Wildman–Crippen MR) is 70.6 cm³/mol. The number of nitrogens with one attached hydrogen (secondary N) is 1. The number of piperidine rings is 1. The van der Waals surface area contributed by atoms with Gasteiger partial charge in [-0.25, -0.2) is 4.98 Å².